The van der Waals surface area contributed by atoms with Crippen LogP contribution in [0.25, 0.3) is 0 Å². The molecule has 1 N–H and O–H groups in total. The van der Waals surface area contributed by atoms with Gasteiger partial charge in [-0.05, 0) is 76.0 Å². The molecule has 0 unspecified atom stereocenters. The largest absolute Gasteiger partial charge is 0.367 e. The number of hydrogen-bond donors (Lipinski definition) is 1. The minimum atomic E-state index is -0.776. The lowest BCUT2D eigenvalue weighted by Crippen LogP contribution is -2.47. The molecule has 1 aromatic carbocycles. The number of hydrogen-bond acceptors (Lipinski definition) is 3. The molecule has 0 bridgehead atoms. The number of allylic oxidation sites excluding steroid dienone is 1. The van der Waals surface area contributed by atoms with E-state index in [2.05, 4.69) is 16.3 Å². The molecule has 1 saturated heterocycles. The Labute approximate surface area is 178 Å². The number of nitrogens with zero attached hydrogens (tertiary/aromatic N) is 2. The van der Waals surface area contributed by atoms with Gasteiger partial charge in [0.1, 0.15) is 0 Å². The van der Waals surface area contributed by atoms with Crippen molar-refractivity contribution >= 4 is 11.6 Å². The molecule has 4 nitrogen and oxygen atoms in total. The van der Waals surface area contributed by atoms with Gasteiger partial charge in [-0.2, -0.15) is 0 Å². The molecule has 1 aromatic rings. The molecule has 1 saturated carbocycles. The number of halogens is 2. The maximum absolute atomic E-state index is 14.0. The van der Waals surface area contributed by atoms with Gasteiger partial charge in [-0.25, -0.2) is 8.78 Å². The number of amides is 1. The van der Waals surface area contributed by atoms with E-state index in [-0.39, 0.29) is 5.91 Å². The second-order valence-electron chi connectivity index (χ2n) is 9.00. The van der Waals surface area contributed by atoms with E-state index in [1.54, 1.807) is 12.1 Å². The summed E-state index contributed by atoms with van der Waals surface area (Å²) < 4.78 is 27.5. The van der Waals surface area contributed by atoms with Gasteiger partial charge in [0.05, 0.1) is 5.69 Å². The Balaban J connectivity index is 1.14. The molecule has 0 radical (unpaired) electrons. The summed E-state index contributed by atoms with van der Waals surface area (Å²) in [4.78, 5) is 16.6. The standard InChI is InChI=1S/C24H33F2N3O/c25-21-6-3-7-22(23(21)26)29-16-14-28(15-17-29)13-12-18-8-10-20(11-9-18)27-24(30)19-4-1-2-5-19/h3-4,6-7,18,20H,1-2,5,8-17H2,(H,27,30)/t18-,20-. The lowest BCUT2D eigenvalue weighted by atomic mass is 9.84. The molecule has 2 aliphatic carbocycles. The molecule has 1 amide bonds. The van der Waals surface area contributed by atoms with Gasteiger partial charge < -0.3 is 10.2 Å². The maximum atomic E-state index is 14.0. The summed E-state index contributed by atoms with van der Waals surface area (Å²) in [7, 11) is 0. The molecule has 3 aliphatic rings. The zero-order valence-corrected chi connectivity index (χ0v) is 17.7. The van der Waals surface area contributed by atoms with Gasteiger partial charge >= 0.3 is 0 Å². The highest BCUT2D eigenvalue weighted by atomic mass is 19.2. The zero-order valence-electron chi connectivity index (χ0n) is 17.7. The highest BCUT2D eigenvalue weighted by Crippen LogP contribution is 2.28. The summed E-state index contributed by atoms with van der Waals surface area (Å²) in [5.74, 6) is -0.633. The number of piperazine rings is 1. The lowest BCUT2D eigenvalue weighted by molar-refractivity contribution is -0.118. The van der Waals surface area contributed by atoms with Crippen LogP contribution in [0.15, 0.2) is 29.8 Å². The van der Waals surface area contributed by atoms with E-state index in [9.17, 15) is 13.6 Å². The normalized spacial score (nSPS) is 25.3. The van der Waals surface area contributed by atoms with Crippen molar-refractivity contribution in [2.24, 2.45) is 5.92 Å². The third-order valence-corrected chi connectivity index (χ3v) is 7.01. The quantitative estimate of drug-likeness (QED) is 0.751. The number of carbonyl (C=O) groups excluding carboxylic acids is 1. The van der Waals surface area contributed by atoms with Crippen LogP contribution in [0, 0.1) is 17.6 Å². The fraction of sp³-hybridized carbons (Fsp3) is 0.625. The summed E-state index contributed by atoms with van der Waals surface area (Å²) in [5, 5.41) is 3.24. The highest BCUT2D eigenvalue weighted by molar-refractivity contribution is 5.93. The monoisotopic (exact) mass is 417 g/mol. The van der Waals surface area contributed by atoms with Crippen molar-refractivity contribution < 1.29 is 13.6 Å². The van der Waals surface area contributed by atoms with Crippen molar-refractivity contribution in [2.75, 3.05) is 37.6 Å². The Morgan fingerprint density at radius 2 is 1.83 bits per heavy atom. The van der Waals surface area contributed by atoms with Crippen molar-refractivity contribution in [3.05, 3.63) is 41.5 Å². The number of anilines is 1. The van der Waals surface area contributed by atoms with E-state index in [0.717, 1.165) is 76.3 Å². The molecule has 6 heteroatoms. The molecule has 1 heterocycles. The van der Waals surface area contributed by atoms with E-state index in [4.69, 9.17) is 0 Å². The molecule has 0 atom stereocenters. The summed E-state index contributed by atoms with van der Waals surface area (Å²) in [6, 6.07) is 4.74. The summed E-state index contributed by atoms with van der Waals surface area (Å²) >= 11 is 0. The predicted molar refractivity (Wildman–Crippen MR) is 115 cm³/mol. The second-order valence-corrected chi connectivity index (χ2v) is 9.00. The molecule has 2 fully saturated rings. The van der Waals surface area contributed by atoms with Crippen molar-refractivity contribution in [2.45, 2.75) is 57.4 Å². The first-order chi connectivity index (χ1) is 14.6. The molecular formula is C24H33F2N3O. The molecule has 4 rings (SSSR count). The van der Waals surface area contributed by atoms with Crippen molar-refractivity contribution in [1.82, 2.24) is 10.2 Å². The summed E-state index contributed by atoms with van der Waals surface area (Å²) in [5.41, 5.74) is 1.36. The van der Waals surface area contributed by atoms with E-state index in [0.29, 0.717) is 11.7 Å². The topological polar surface area (TPSA) is 35.6 Å². The first-order valence-corrected chi connectivity index (χ1v) is 11.5. The van der Waals surface area contributed by atoms with Crippen molar-refractivity contribution in [3.8, 4) is 0 Å². The minimum Gasteiger partial charge on any atom is -0.367 e. The zero-order chi connectivity index (χ0) is 20.9. The van der Waals surface area contributed by atoms with E-state index < -0.39 is 11.6 Å². The molecule has 30 heavy (non-hydrogen) atoms. The molecule has 0 aromatic heterocycles. The van der Waals surface area contributed by atoms with Crippen LogP contribution in [0.4, 0.5) is 14.5 Å². The highest BCUT2D eigenvalue weighted by Gasteiger charge is 2.25. The van der Waals surface area contributed by atoms with Crippen LogP contribution in [-0.2, 0) is 4.79 Å². The first-order valence-electron chi connectivity index (χ1n) is 11.5. The van der Waals surface area contributed by atoms with Gasteiger partial charge in [-0.3, -0.25) is 9.69 Å². The Bertz CT molecular complexity index is 766. The van der Waals surface area contributed by atoms with Gasteiger partial charge in [-0.1, -0.05) is 12.1 Å². The fourth-order valence-corrected chi connectivity index (χ4v) is 5.06. The molecular weight excluding hydrogens is 384 g/mol. The van der Waals surface area contributed by atoms with E-state index >= 15 is 0 Å². The fourth-order valence-electron chi connectivity index (χ4n) is 5.06. The average molecular weight is 418 g/mol. The lowest BCUT2D eigenvalue weighted by Gasteiger charge is -2.37. The second kappa shape index (κ2) is 9.90. The van der Waals surface area contributed by atoms with Crippen LogP contribution >= 0.6 is 0 Å². The first kappa shape index (κ1) is 21.3. The average Bonchev–Trinajstić information content (AvgIpc) is 3.31. The van der Waals surface area contributed by atoms with Crippen LogP contribution in [-0.4, -0.2) is 49.6 Å². The van der Waals surface area contributed by atoms with Gasteiger partial charge in [0.25, 0.3) is 0 Å². The van der Waals surface area contributed by atoms with Crippen LogP contribution in [0.2, 0.25) is 0 Å². The van der Waals surface area contributed by atoms with Crippen molar-refractivity contribution in [3.63, 3.8) is 0 Å². The van der Waals surface area contributed by atoms with Gasteiger partial charge in [0.15, 0.2) is 11.6 Å². The molecule has 0 spiro atoms. The van der Waals surface area contributed by atoms with Crippen LogP contribution in [0.3, 0.4) is 0 Å². The van der Waals surface area contributed by atoms with Crippen LogP contribution in [0.5, 0.6) is 0 Å². The maximum Gasteiger partial charge on any atom is 0.247 e. The van der Waals surface area contributed by atoms with Crippen molar-refractivity contribution in [1.29, 1.82) is 0 Å². The van der Waals surface area contributed by atoms with Gasteiger partial charge in [0.2, 0.25) is 5.91 Å². The SMILES string of the molecule is O=C(N[C@H]1CC[C@H](CCN2CCN(c3cccc(F)c3F)CC2)CC1)C1=CCCC1. The van der Waals surface area contributed by atoms with E-state index in [1.807, 2.05) is 4.90 Å². The minimum absolute atomic E-state index is 0.156. The summed E-state index contributed by atoms with van der Waals surface area (Å²) in [6.07, 6.45) is 10.9. The van der Waals surface area contributed by atoms with Crippen LogP contribution < -0.4 is 10.2 Å². The smallest absolute Gasteiger partial charge is 0.247 e. The Hall–Kier alpha value is -1.95. The number of carbonyl (C=O) groups is 1. The molecule has 164 valence electrons. The number of rotatable bonds is 6. The summed E-state index contributed by atoms with van der Waals surface area (Å²) in [6.45, 7) is 4.30. The Kier molecular flexibility index (Phi) is 7.03. The third kappa shape index (κ3) is 5.20. The number of nitrogens with one attached hydrogen (secondary N) is 1. The van der Waals surface area contributed by atoms with Crippen LogP contribution in [0.1, 0.15) is 51.4 Å². The van der Waals surface area contributed by atoms with Gasteiger partial charge in [0, 0.05) is 37.8 Å². The predicted octanol–water partition coefficient (Wildman–Crippen LogP) is 4.26. The Morgan fingerprint density at radius 3 is 2.53 bits per heavy atom. The molecule has 1 aliphatic heterocycles. The Morgan fingerprint density at radius 1 is 1.07 bits per heavy atom. The third-order valence-electron chi connectivity index (χ3n) is 7.01. The van der Waals surface area contributed by atoms with E-state index in [1.165, 1.54) is 25.3 Å². The van der Waals surface area contributed by atoms with Gasteiger partial charge in [-0.15, -0.1) is 0 Å². The number of benzene rings is 1.